The van der Waals surface area contributed by atoms with E-state index in [0.29, 0.717) is 18.8 Å². The molecule has 0 radical (unpaired) electrons. The minimum atomic E-state index is -3.87. The molecule has 35 heavy (non-hydrogen) atoms. The average molecular weight is 497 g/mol. The number of aromatic nitrogens is 2. The molecule has 1 N–H and O–H groups in total. The summed E-state index contributed by atoms with van der Waals surface area (Å²) in [6.45, 7) is 4.99. The van der Waals surface area contributed by atoms with Crippen LogP contribution in [0.4, 0.5) is 0 Å². The molecule has 9 heteroatoms. The van der Waals surface area contributed by atoms with Gasteiger partial charge in [-0.25, -0.2) is 8.42 Å². The molecule has 0 amide bonds. The molecule has 0 saturated heterocycles. The van der Waals surface area contributed by atoms with Crippen LogP contribution >= 0.6 is 0 Å². The van der Waals surface area contributed by atoms with E-state index in [1.807, 2.05) is 44.4 Å². The third kappa shape index (κ3) is 5.70. The van der Waals surface area contributed by atoms with Gasteiger partial charge >= 0.3 is 0 Å². The number of benzene rings is 1. The Bertz CT molecular complexity index is 1220. The van der Waals surface area contributed by atoms with Gasteiger partial charge in [0.05, 0.1) is 6.61 Å². The predicted molar refractivity (Wildman–Crippen MR) is 134 cm³/mol. The molecule has 0 fully saturated rings. The molecule has 8 nitrogen and oxygen atoms in total. The Morgan fingerprint density at radius 3 is 2.60 bits per heavy atom. The Morgan fingerprint density at radius 1 is 1.14 bits per heavy atom. The molecule has 0 spiro atoms. The molecule has 3 aromatic rings. The summed E-state index contributed by atoms with van der Waals surface area (Å²) >= 11 is 0. The van der Waals surface area contributed by atoms with Crippen molar-refractivity contribution in [2.24, 2.45) is 5.92 Å². The Morgan fingerprint density at radius 2 is 1.91 bits per heavy atom. The fraction of sp³-hybridized carbons (Fsp3) is 0.385. The van der Waals surface area contributed by atoms with Gasteiger partial charge < -0.3 is 9.84 Å². The van der Waals surface area contributed by atoms with Gasteiger partial charge in [0.25, 0.3) is 0 Å². The molecule has 186 valence electrons. The van der Waals surface area contributed by atoms with Crippen molar-refractivity contribution >= 4 is 10.0 Å². The minimum Gasteiger partial charge on any atom is -0.487 e. The molecule has 4 rings (SSSR count). The first-order valence-electron chi connectivity index (χ1n) is 11.7. The Labute approximate surface area is 207 Å². The van der Waals surface area contributed by atoms with E-state index in [1.54, 1.807) is 43.7 Å². The van der Waals surface area contributed by atoms with Crippen LogP contribution in [0.3, 0.4) is 0 Å². The summed E-state index contributed by atoms with van der Waals surface area (Å²) in [4.78, 5) is 10.5. The lowest BCUT2D eigenvalue weighted by molar-refractivity contribution is 0.0734. The van der Waals surface area contributed by atoms with Crippen LogP contribution in [0, 0.1) is 5.92 Å². The summed E-state index contributed by atoms with van der Waals surface area (Å²) in [5.74, 6) is 0.202. The van der Waals surface area contributed by atoms with Crippen LogP contribution in [0.25, 0.3) is 11.1 Å². The first-order chi connectivity index (χ1) is 16.8. The molecule has 0 bridgehead atoms. The molecule has 1 aliphatic rings. The topological polar surface area (TPSA) is 95.9 Å². The number of hydrogen-bond acceptors (Lipinski definition) is 7. The third-order valence-corrected chi connectivity index (χ3v) is 8.37. The lowest BCUT2D eigenvalue weighted by Crippen LogP contribution is -2.49. The molecule has 2 aromatic heterocycles. The molecule has 1 aromatic carbocycles. The summed E-state index contributed by atoms with van der Waals surface area (Å²) in [6, 6.07) is 12.3. The Kier molecular flexibility index (Phi) is 7.81. The standard InChI is InChI=1S/C26H32N4O4S/c1-19-15-30(20(2)18-31)35(32,33)26-7-6-23(22-8-11-27-12-9-22)13-24(26)34-25(19)17-29(3)16-21-5-4-10-28-14-21/h4-14,19-20,25,31H,15-18H2,1-3H3/t19-,20+,25+/m0/s1. The van der Waals surface area contributed by atoms with E-state index >= 15 is 0 Å². The summed E-state index contributed by atoms with van der Waals surface area (Å²) < 4.78 is 35.2. The van der Waals surface area contributed by atoms with Crippen molar-refractivity contribution in [2.45, 2.75) is 37.4 Å². The monoisotopic (exact) mass is 496 g/mol. The van der Waals surface area contributed by atoms with Gasteiger partial charge in [-0.1, -0.05) is 19.1 Å². The second kappa shape index (κ2) is 10.8. The Hall–Kier alpha value is -2.85. The van der Waals surface area contributed by atoms with E-state index in [4.69, 9.17) is 4.74 Å². The van der Waals surface area contributed by atoms with Crippen molar-refractivity contribution in [1.29, 1.82) is 0 Å². The second-order valence-electron chi connectivity index (χ2n) is 9.20. The molecular formula is C26H32N4O4S. The average Bonchev–Trinajstić information content (AvgIpc) is 2.86. The van der Waals surface area contributed by atoms with Crippen molar-refractivity contribution in [3.8, 4) is 16.9 Å². The number of fused-ring (bicyclic) bond motifs is 1. The van der Waals surface area contributed by atoms with Crippen LogP contribution in [-0.4, -0.2) is 71.6 Å². The van der Waals surface area contributed by atoms with Crippen LogP contribution in [0.15, 0.2) is 72.1 Å². The van der Waals surface area contributed by atoms with Crippen molar-refractivity contribution in [1.82, 2.24) is 19.2 Å². The van der Waals surface area contributed by atoms with Gasteiger partial charge in [0.15, 0.2) is 0 Å². The van der Waals surface area contributed by atoms with E-state index in [9.17, 15) is 13.5 Å². The number of aliphatic hydroxyl groups is 1. The largest absolute Gasteiger partial charge is 0.487 e. The maximum absolute atomic E-state index is 13.6. The van der Waals surface area contributed by atoms with E-state index in [0.717, 1.165) is 16.7 Å². The number of aliphatic hydroxyl groups excluding tert-OH is 1. The maximum atomic E-state index is 13.6. The van der Waals surface area contributed by atoms with Crippen LogP contribution in [0.1, 0.15) is 19.4 Å². The first kappa shape index (κ1) is 25.2. The molecule has 3 heterocycles. The smallest absolute Gasteiger partial charge is 0.247 e. The van der Waals surface area contributed by atoms with Crippen LogP contribution in [-0.2, 0) is 16.6 Å². The van der Waals surface area contributed by atoms with Gasteiger partial charge in [-0.2, -0.15) is 4.31 Å². The molecule has 0 unspecified atom stereocenters. The fourth-order valence-corrected chi connectivity index (χ4v) is 6.17. The number of rotatable bonds is 7. The van der Waals surface area contributed by atoms with Crippen molar-refractivity contribution in [3.63, 3.8) is 0 Å². The number of hydrogen-bond donors (Lipinski definition) is 1. The van der Waals surface area contributed by atoms with E-state index in [-0.39, 0.29) is 30.1 Å². The number of sulfonamides is 1. The minimum absolute atomic E-state index is 0.113. The van der Waals surface area contributed by atoms with Gasteiger partial charge in [-0.3, -0.25) is 14.9 Å². The van der Waals surface area contributed by atoms with Gasteiger partial charge in [-0.05, 0) is 61.0 Å². The van der Waals surface area contributed by atoms with Gasteiger partial charge in [0.1, 0.15) is 16.7 Å². The van der Waals surface area contributed by atoms with Crippen molar-refractivity contribution in [3.05, 3.63) is 72.8 Å². The lowest BCUT2D eigenvalue weighted by Gasteiger charge is -2.37. The zero-order valence-electron chi connectivity index (χ0n) is 20.3. The van der Waals surface area contributed by atoms with Gasteiger partial charge in [-0.15, -0.1) is 0 Å². The Balaban J connectivity index is 1.72. The highest BCUT2D eigenvalue weighted by Gasteiger charge is 2.38. The number of nitrogens with zero attached hydrogens (tertiary/aromatic N) is 4. The highest BCUT2D eigenvalue weighted by atomic mass is 32.2. The summed E-state index contributed by atoms with van der Waals surface area (Å²) in [5.41, 5.74) is 2.86. The van der Waals surface area contributed by atoms with E-state index in [1.165, 1.54) is 4.31 Å². The summed E-state index contributed by atoms with van der Waals surface area (Å²) in [7, 11) is -1.86. The predicted octanol–water partition coefficient (Wildman–Crippen LogP) is 3.04. The van der Waals surface area contributed by atoms with Crippen LogP contribution in [0.2, 0.25) is 0 Å². The molecule has 0 aliphatic carbocycles. The second-order valence-corrected chi connectivity index (χ2v) is 11.1. The molecule has 1 aliphatic heterocycles. The van der Waals surface area contributed by atoms with Crippen LogP contribution in [0.5, 0.6) is 5.75 Å². The number of pyridine rings is 2. The maximum Gasteiger partial charge on any atom is 0.247 e. The van der Waals surface area contributed by atoms with Gasteiger partial charge in [0.2, 0.25) is 10.0 Å². The quantitative estimate of drug-likeness (QED) is 0.537. The SMILES string of the molecule is C[C@H](CO)N1C[C@H](C)[C@@H](CN(C)Cc2cccnc2)Oc2cc(-c3ccncc3)ccc2S1(=O)=O. The zero-order chi connectivity index (χ0) is 25.0. The van der Waals surface area contributed by atoms with Crippen molar-refractivity contribution in [2.75, 3.05) is 26.7 Å². The molecular weight excluding hydrogens is 464 g/mol. The molecule has 0 saturated carbocycles. The lowest BCUT2D eigenvalue weighted by atomic mass is 10.0. The highest BCUT2D eigenvalue weighted by molar-refractivity contribution is 7.89. The fourth-order valence-electron chi connectivity index (χ4n) is 4.34. The summed E-state index contributed by atoms with van der Waals surface area (Å²) in [6.07, 6.45) is 6.72. The normalized spacial score (nSPS) is 20.9. The third-order valence-electron chi connectivity index (χ3n) is 6.35. The molecule has 3 atom stereocenters. The van der Waals surface area contributed by atoms with E-state index < -0.39 is 16.1 Å². The first-order valence-corrected chi connectivity index (χ1v) is 13.1. The zero-order valence-corrected chi connectivity index (χ0v) is 21.1. The summed E-state index contributed by atoms with van der Waals surface area (Å²) in [5, 5.41) is 9.83. The number of likely N-dealkylation sites (N-methyl/N-ethyl adjacent to an activating group) is 1. The van der Waals surface area contributed by atoms with Gasteiger partial charge in [0, 0.05) is 56.4 Å². The number of ether oxygens (including phenoxy) is 1. The highest BCUT2D eigenvalue weighted by Crippen LogP contribution is 2.36. The van der Waals surface area contributed by atoms with Crippen molar-refractivity contribution < 1.29 is 18.3 Å². The van der Waals surface area contributed by atoms with Crippen LogP contribution < -0.4 is 4.74 Å². The van der Waals surface area contributed by atoms with E-state index in [2.05, 4.69) is 14.9 Å².